The molecule has 1 heterocycles. The van der Waals surface area contributed by atoms with E-state index in [1.165, 1.54) is 31.4 Å². The average Bonchev–Trinajstić information content (AvgIpc) is 2.96. The summed E-state index contributed by atoms with van der Waals surface area (Å²) < 4.78 is 18.0. The van der Waals surface area contributed by atoms with Crippen molar-refractivity contribution in [3.8, 4) is 5.75 Å². The first kappa shape index (κ1) is 17.7. The van der Waals surface area contributed by atoms with Crippen molar-refractivity contribution in [2.24, 2.45) is 0 Å². The van der Waals surface area contributed by atoms with Gasteiger partial charge in [0.25, 0.3) is 0 Å². The lowest BCUT2D eigenvalue weighted by Crippen LogP contribution is -2.33. The van der Waals surface area contributed by atoms with Crippen LogP contribution in [0.25, 0.3) is 0 Å². The first-order valence-electron chi connectivity index (χ1n) is 8.10. The van der Waals surface area contributed by atoms with Crippen LogP contribution in [0, 0.1) is 15.9 Å². The van der Waals surface area contributed by atoms with Crippen molar-refractivity contribution in [3.63, 3.8) is 0 Å². The molecule has 2 aromatic rings. The van der Waals surface area contributed by atoms with Crippen LogP contribution in [0.5, 0.6) is 5.75 Å². The molecule has 1 fully saturated rings. The summed E-state index contributed by atoms with van der Waals surface area (Å²) >= 11 is 0. The molecule has 0 radical (unpaired) electrons. The van der Waals surface area contributed by atoms with Gasteiger partial charge in [-0.3, -0.25) is 14.9 Å². The predicted octanol–water partition coefficient (Wildman–Crippen LogP) is 2.96. The molecular formula is C18H18FN3O4. The molecule has 136 valence electrons. The van der Waals surface area contributed by atoms with Crippen molar-refractivity contribution in [1.29, 1.82) is 0 Å². The van der Waals surface area contributed by atoms with Crippen molar-refractivity contribution < 1.29 is 18.8 Å². The highest BCUT2D eigenvalue weighted by Gasteiger charge is 2.31. The van der Waals surface area contributed by atoms with Gasteiger partial charge in [0.05, 0.1) is 12.0 Å². The molecule has 26 heavy (non-hydrogen) atoms. The molecule has 1 saturated heterocycles. The van der Waals surface area contributed by atoms with Crippen molar-refractivity contribution in [2.45, 2.75) is 19.0 Å². The Morgan fingerprint density at radius 2 is 2.04 bits per heavy atom. The van der Waals surface area contributed by atoms with Crippen molar-refractivity contribution >= 4 is 17.3 Å². The summed E-state index contributed by atoms with van der Waals surface area (Å²) in [5, 5.41) is 14.0. The number of nitrogens with one attached hydrogen (secondary N) is 1. The number of hydrogen-bond donors (Lipinski definition) is 1. The molecule has 2 aromatic carbocycles. The fourth-order valence-electron chi connectivity index (χ4n) is 2.96. The highest BCUT2D eigenvalue weighted by atomic mass is 19.1. The Hall–Kier alpha value is -3.16. The van der Waals surface area contributed by atoms with Crippen LogP contribution in [0.2, 0.25) is 0 Å². The number of likely N-dealkylation sites (tertiary alicyclic amines) is 1. The molecule has 0 bridgehead atoms. The maximum atomic E-state index is 13.0. The second-order valence-corrected chi connectivity index (χ2v) is 6.02. The Labute approximate surface area is 149 Å². The number of methoxy groups -OCH3 is 1. The van der Waals surface area contributed by atoms with E-state index in [1.54, 1.807) is 23.1 Å². The molecule has 0 spiro atoms. The second-order valence-electron chi connectivity index (χ2n) is 6.02. The Morgan fingerprint density at radius 3 is 2.69 bits per heavy atom. The number of nitro benzene ring substituents is 1. The fraction of sp³-hybridized carbons (Fsp3) is 0.278. The van der Waals surface area contributed by atoms with E-state index in [-0.39, 0.29) is 23.2 Å². The number of benzene rings is 2. The number of hydrogen-bond acceptors (Lipinski definition) is 5. The minimum atomic E-state index is -0.520. The Bertz CT molecular complexity index is 826. The number of carbonyl (C=O) groups excluding carboxylic acids is 1. The molecule has 0 saturated carbocycles. The van der Waals surface area contributed by atoms with Crippen LogP contribution in [0.1, 0.15) is 12.0 Å². The highest BCUT2D eigenvalue weighted by Crippen LogP contribution is 2.30. The van der Waals surface area contributed by atoms with Gasteiger partial charge >= 0.3 is 5.69 Å². The number of nitrogens with zero attached hydrogens (tertiary/aromatic N) is 2. The van der Waals surface area contributed by atoms with E-state index in [9.17, 15) is 19.3 Å². The van der Waals surface area contributed by atoms with E-state index in [2.05, 4.69) is 5.32 Å². The number of amides is 1. The normalized spacial score (nSPS) is 16.6. The Morgan fingerprint density at radius 1 is 1.31 bits per heavy atom. The molecule has 8 heteroatoms. The molecule has 7 nitrogen and oxygen atoms in total. The number of halogens is 1. The zero-order chi connectivity index (χ0) is 18.7. The van der Waals surface area contributed by atoms with Gasteiger partial charge in [-0.1, -0.05) is 12.1 Å². The third-order valence-electron chi connectivity index (χ3n) is 4.30. The van der Waals surface area contributed by atoms with Gasteiger partial charge < -0.3 is 15.0 Å². The van der Waals surface area contributed by atoms with Gasteiger partial charge in [0, 0.05) is 30.9 Å². The molecule has 1 aliphatic heterocycles. The van der Waals surface area contributed by atoms with Gasteiger partial charge in [-0.2, -0.15) is 0 Å². The molecular weight excluding hydrogens is 341 g/mol. The van der Waals surface area contributed by atoms with Gasteiger partial charge in [0.1, 0.15) is 11.9 Å². The van der Waals surface area contributed by atoms with Crippen molar-refractivity contribution in [1.82, 2.24) is 4.90 Å². The van der Waals surface area contributed by atoms with Crippen LogP contribution in [0.15, 0.2) is 42.5 Å². The maximum Gasteiger partial charge on any atom is 0.311 e. The number of nitro groups is 1. The Balaban J connectivity index is 1.67. The largest absolute Gasteiger partial charge is 0.490 e. The summed E-state index contributed by atoms with van der Waals surface area (Å²) in [5.74, 6) is -0.242. The third-order valence-corrected chi connectivity index (χ3v) is 4.30. The summed E-state index contributed by atoms with van der Waals surface area (Å²) in [6.07, 6.45) is 0.610. The van der Waals surface area contributed by atoms with Gasteiger partial charge in [0.15, 0.2) is 5.75 Å². The standard InChI is InChI=1S/C18H18FN3O4/c1-26-17-10-14(6-7-16(17)22(24)25)20-15-8-9-21(18(15)23)11-12-2-4-13(19)5-3-12/h2-7,10,15,20H,8-9,11H2,1H3. The van der Waals surface area contributed by atoms with E-state index in [0.717, 1.165) is 5.56 Å². The first-order valence-corrected chi connectivity index (χ1v) is 8.10. The lowest BCUT2D eigenvalue weighted by molar-refractivity contribution is -0.385. The molecule has 1 amide bonds. The summed E-state index contributed by atoms with van der Waals surface area (Å²) in [4.78, 5) is 24.7. The molecule has 0 aliphatic carbocycles. The van der Waals surface area contributed by atoms with Gasteiger partial charge in [-0.15, -0.1) is 0 Å². The number of rotatable bonds is 6. The molecule has 1 aliphatic rings. The summed E-state index contributed by atoms with van der Waals surface area (Å²) in [5.41, 5.74) is 1.31. The first-order chi connectivity index (χ1) is 12.5. The molecule has 3 rings (SSSR count). The fourth-order valence-corrected chi connectivity index (χ4v) is 2.96. The smallest absolute Gasteiger partial charge is 0.311 e. The topological polar surface area (TPSA) is 84.7 Å². The van der Waals surface area contributed by atoms with Crippen molar-refractivity contribution in [2.75, 3.05) is 19.0 Å². The second kappa shape index (κ2) is 7.38. The summed E-state index contributed by atoms with van der Waals surface area (Å²) in [7, 11) is 1.36. The third kappa shape index (κ3) is 3.74. The summed E-state index contributed by atoms with van der Waals surface area (Å²) in [6.45, 7) is 0.999. The zero-order valence-electron chi connectivity index (χ0n) is 14.1. The molecule has 0 aromatic heterocycles. The number of carbonyl (C=O) groups is 1. The minimum Gasteiger partial charge on any atom is -0.490 e. The Kier molecular flexibility index (Phi) is 5.01. The van der Waals surface area contributed by atoms with Gasteiger partial charge in [-0.05, 0) is 30.2 Å². The van der Waals surface area contributed by atoms with E-state index in [1.807, 2.05) is 0 Å². The lowest BCUT2D eigenvalue weighted by atomic mass is 10.2. The van der Waals surface area contributed by atoms with Crippen LogP contribution in [-0.4, -0.2) is 35.4 Å². The van der Waals surface area contributed by atoms with E-state index < -0.39 is 11.0 Å². The lowest BCUT2D eigenvalue weighted by Gasteiger charge is -2.18. The van der Waals surface area contributed by atoms with E-state index in [4.69, 9.17) is 4.74 Å². The van der Waals surface area contributed by atoms with Gasteiger partial charge in [-0.25, -0.2) is 4.39 Å². The molecule has 1 atom stereocenters. The van der Waals surface area contributed by atoms with E-state index >= 15 is 0 Å². The minimum absolute atomic E-state index is 0.0633. The molecule has 1 unspecified atom stereocenters. The predicted molar refractivity (Wildman–Crippen MR) is 93.5 cm³/mol. The van der Waals surface area contributed by atoms with Crippen LogP contribution in [0.4, 0.5) is 15.8 Å². The monoisotopic (exact) mass is 359 g/mol. The van der Waals surface area contributed by atoms with Gasteiger partial charge in [0.2, 0.25) is 5.91 Å². The number of ether oxygens (including phenoxy) is 1. The van der Waals surface area contributed by atoms with Crippen LogP contribution >= 0.6 is 0 Å². The number of anilines is 1. The van der Waals surface area contributed by atoms with Crippen molar-refractivity contribution in [3.05, 3.63) is 64.0 Å². The average molecular weight is 359 g/mol. The SMILES string of the molecule is COc1cc(NC2CCN(Cc3ccc(F)cc3)C2=O)ccc1[N+](=O)[O-]. The zero-order valence-corrected chi connectivity index (χ0v) is 14.1. The van der Waals surface area contributed by atoms with Crippen LogP contribution in [-0.2, 0) is 11.3 Å². The summed E-state index contributed by atoms with van der Waals surface area (Å²) in [6, 6.07) is 10.0. The van der Waals surface area contributed by atoms with E-state index in [0.29, 0.717) is 25.2 Å². The maximum absolute atomic E-state index is 13.0. The molecule has 1 N–H and O–H groups in total. The quantitative estimate of drug-likeness (QED) is 0.633. The van der Waals surface area contributed by atoms with Crippen LogP contribution in [0.3, 0.4) is 0 Å². The highest BCUT2D eigenvalue weighted by molar-refractivity contribution is 5.86. The van der Waals surface area contributed by atoms with Crippen LogP contribution < -0.4 is 10.1 Å².